The first-order chi connectivity index (χ1) is 15.0. The lowest BCUT2D eigenvalue weighted by molar-refractivity contribution is -0.0835. The number of guanidine groups is 1. The molecule has 2 aromatic rings. The summed E-state index contributed by atoms with van der Waals surface area (Å²) in [7, 11) is 1.68. The predicted molar refractivity (Wildman–Crippen MR) is 140 cm³/mol. The fraction of sp³-hybridized carbons (Fsp3) is 0.560. The molecule has 3 rings (SSSR count). The highest BCUT2D eigenvalue weighted by atomic mass is 127. The van der Waals surface area contributed by atoms with Gasteiger partial charge in [-0.3, -0.25) is 0 Å². The van der Waals surface area contributed by atoms with Crippen LogP contribution in [0.25, 0.3) is 0 Å². The number of hydrogen-bond donors (Lipinski definition) is 2. The molecule has 7 heteroatoms. The molecule has 1 aliphatic heterocycles. The predicted octanol–water partition coefficient (Wildman–Crippen LogP) is 5.03. The highest BCUT2D eigenvalue weighted by Gasteiger charge is 2.35. The van der Waals surface area contributed by atoms with Crippen molar-refractivity contribution in [2.24, 2.45) is 16.3 Å². The molecule has 2 N–H and O–H groups in total. The maximum atomic E-state index is 6.14. The van der Waals surface area contributed by atoms with Gasteiger partial charge in [-0.15, -0.1) is 24.0 Å². The number of hydrogen-bond acceptors (Lipinski definition) is 4. The lowest BCUT2D eigenvalue weighted by Gasteiger charge is -2.40. The molecule has 178 valence electrons. The monoisotopic (exact) mass is 555 g/mol. The Morgan fingerprint density at radius 3 is 2.59 bits per heavy atom. The minimum Gasteiger partial charge on any atom is -0.497 e. The van der Waals surface area contributed by atoms with Crippen LogP contribution in [0, 0.1) is 11.3 Å². The SMILES string of the molecule is COc1ccc(CN=C(NCCc2ccco2)NCC2CCCOC2C(C)(C)C)cc1.I. The highest BCUT2D eigenvalue weighted by molar-refractivity contribution is 14.0. The van der Waals surface area contributed by atoms with Gasteiger partial charge < -0.3 is 24.5 Å². The van der Waals surface area contributed by atoms with E-state index in [0.717, 1.165) is 55.6 Å². The smallest absolute Gasteiger partial charge is 0.191 e. The number of benzene rings is 1. The Kier molecular flexibility index (Phi) is 10.8. The number of nitrogens with zero attached hydrogens (tertiary/aromatic N) is 1. The van der Waals surface area contributed by atoms with Crippen molar-refractivity contribution in [3.8, 4) is 5.75 Å². The van der Waals surface area contributed by atoms with Gasteiger partial charge in [0.1, 0.15) is 11.5 Å². The van der Waals surface area contributed by atoms with Crippen LogP contribution in [0.5, 0.6) is 5.75 Å². The minimum atomic E-state index is 0. The van der Waals surface area contributed by atoms with E-state index in [-0.39, 0.29) is 35.5 Å². The molecule has 6 nitrogen and oxygen atoms in total. The lowest BCUT2D eigenvalue weighted by Crippen LogP contribution is -2.47. The summed E-state index contributed by atoms with van der Waals surface area (Å²) < 4.78 is 16.8. The van der Waals surface area contributed by atoms with Crippen LogP contribution in [-0.4, -0.2) is 38.9 Å². The Hall–Kier alpha value is -1.74. The number of ether oxygens (including phenoxy) is 2. The van der Waals surface area contributed by atoms with Crippen molar-refractivity contribution in [1.82, 2.24) is 10.6 Å². The largest absolute Gasteiger partial charge is 0.497 e. The maximum Gasteiger partial charge on any atom is 0.191 e. The number of rotatable bonds is 8. The number of methoxy groups -OCH3 is 1. The summed E-state index contributed by atoms with van der Waals surface area (Å²) in [6, 6.07) is 11.9. The van der Waals surface area contributed by atoms with Gasteiger partial charge in [0, 0.05) is 32.0 Å². The maximum absolute atomic E-state index is 6.14. The Morgan fingerprint density at radius 2 is 1.94 bits per heavy atom. The molecule has 0 amide bonds. The minimum absolute atomic E-state index is 0. The summed E-state index contributed by atoms with van der Waals surface area (Å²) in [5, 5.41) is 7.03. The summed E-state index contributed by atoms with van der Waals surface area (Å²) in [6.07, 6.45) is 5.06. The van der Waals surface area contributed by atoms with Gasteiger partial charge >= 0.3 is 0 Å². The van der Waals surface area contributed by atoms with Gasteiger partial charge in [0.05, 0.1) is 26.0 Å². The van der Waals surface area contributed by atoms with Crippen molar-refractivity contribution < 1.29 is 13.9 Å². The van der Waals surface area contributed by atoms with Crippen molar-refractivity contribution in [2.45, 2.75) is 52.7 Å². The summed E-state index contributed by atoms with van der Waals surface area (Å²) in [5.41, 5.74) is 1.27. The van der Waals surface area contributed by atoms with E-state index in [9.17, 15) is 0 Å². The molecule has 0 radical (unpaired) electrons. The number of halogens is 1. The molecule has 1 aliphatic rings. The quantitative estimate of drug-likeness (QED) is 0.272. The second-order valence-corrected chi connectivity index (χ2v) is 9.21. The van der Waals surface area contributed by atoms with Crippen LogP contribution >= 0.6 is 24.0 Å². The zero-order chi connectivity index (χ0) is 22.1. The molecule has 0 bridgehead atoms. The molecule has 2 atom stereocenters. The average Bonchev–Trinajstić information content (AvgIpc) is 3.28. The first kappa shape index (κ1) is 26.5. The van der Waals surface area contributed by atoms with E-state index in [1.165, 1.54) is 6.42 Å². The zero-order valence-electron chi connectivity index (χ0n) is 19.7. The first-order valence-electron chi connectivity index (χ1n) is 11.2. The number of nitrogens with one attached hydrogen (secondary N) is 2. The molecule has 0 spiro atoms. The normalized spacial score (nSPS) is 19.2. The van der Waals surface area contributed by atoms with Gasteiger partial charge in [-0.2, -0.15) is 0 Å². The first-order valence-corrected chi connectivity index (χ1v) is 11.2. The van der Waals surface area contributed by atoms with Crippen LogP contribution in [0.4, 0.5) is 0 Å². The third-order valence-corrected chi connectivity index (χ3v) is 5.65. The second-order valence-electron chi connectivity index (χ2n) is 9.21. The van der Waals surface area contributed by atoms with E-state index in [4.69, 9.17) is 18.9 Å². The molecule has 1 fully saturated rings. The van der Waals surface area contributed by atoms with E-state index in [0.29, 0.717) is 12.5 Å². The van der Waals surface area contributed by atoms with E-state index in [1.54, 1.807) is 13.4 Å². The number of aliphatic imine (C=N–C) groups is 1. The summed E-state index contributed by atoms with van der Waals surface area (Å²) in [4.78, 5) is 4.82. The van der Waals surface area contributed by atoms with Gasteiger partial charge in [0.15, 0.2) is 5.96 Å². The summed E-state index contributed by atoms with van der Waals surface area (Å²) in [6.45, 7) is 9.84. The Balaban J connectivity index is 0.00000363. The van der Waals surface area contributed by atoms with Crippen molar-refractivity contribution in [3.63, 3.8) is 0 Å². The molecule has 32 heavy (non-hydrogen) atoms. The number of furan rings is 1. The molecule has 1 aromatic heterocycles. The Labute approximate surface area is 209 Å². The van der Waals surface area contributed by atoms with Crippen LogP contribution in [0.2, 0.25) is 0 Å². The molecule has 0 aliphatic carbocycles. The van der Waals surface area contributed by atoms with Crippen LogP contribution in [-0.2, 0) is 17.7 Å². The molecule has 1 aromatic carbocycles. The lowest BCUT2D eigenvalue weighted by atomic mass is 9.78. The fourth-order valence-corrected chi connectivity index (χ4v) is 4.07. The van der Waals surface area contributed by atoms with Gasteiger partial charge in [-0.25, -0.2) is 4.99 Å². The molecular formula is C25H38IN3O3. The van der Waals surface area contributed by atoms with Crippen LogP contribution in [0.1, 0.15) is 44.9 Å². The topological polar surface area (TPSA) is 68.0 Å². The van der Waals surface area contributed by atoms with Gasteiger partial charge in [-0.1, -0.05) is 32.9 Å². The van der Waals surface area contributed by atoms with Crippen molar-refractivity contribution in [3.05, 3.63) is 54.0 Å². The van der Waals surface area contributed by atoms with Crippen molar-refractivity contribution >= 4 is 29.9 Å². The molecule has 2 unspecified atom stereocenters. The van der Waals surface area contributed by atoms with E-state index in [1.807, 2.05) is 36.4 Å². The van der Waals surface area contributed by atoms with Gasteiger partial charge in [0.25, 0.3) is 0 Å². The molecule has 0 saturated carbocycles. The molecular weight excluding hydrogens is 517 g/mol. The molecule has 2 heterocycles. The third kappa shape index (κ3) is 8.31. The molecule has 1 saturated heterocycles. The van der Waals surface area contributed by atoms with Crippen LogP contribution < -0.4 is 15.4 Å². The van der Waals surface area contributed by atoms with Crippen LogP contribution in [0.15, 0.2) is 52.1 Å². The van der Waals surface area contributed by atoms with E-state index < -0.39 is 0 Å². The standard InChI is InChI=1S/C25H37N3O3.HI/c1-25(2,3)23-20(7-5-16-31-23)18-28-24(26-14-13-22-8-6-15-30-22)27-17-19-9-11-21(29-4)12-10-19;/h6,8-12,15,20,23H,5,7,13-14,16-18H2,1-4H3,(H2,26,27,28);1H. The summed E-state index contributed by atoms with van der Waals surface area (Å²) in [5.74, 6) is 3.11. The average molecular weight is 556 g/mol. The third-order valence-electron chi connectivity index (χ3n) is 5.65. The van der Waals surface area contributed by atoms with Crippen LogP contribution in [0.3, 0.4) is 0 Å². The van der Waals surface area contributed by atoms with Gasteiger partial charge in [0.2, 0.25) is 0 Å². The van der Waals surface area contributed by atoms with Crippen molar-refractivity contribution in [1.29, 1.82) is 0 Å². The zero-order valence-corrected chi connectivity index (χ0v) is 22.1. The fourth-order valence-electron chi connectivity index (χ4n) is 4.07. The Morgan fingerprint density at radius 1 is 1.16 bits per heavy atom. The Bertz CT molecular complexity index is 801. The van der Waals surface area contributed by atoms with E-state index in [2.05, 4.69) is 31.4 Å². The summed E-state index contributed by atoms with van der Waals surface area (Å²) >= 11 is 0. The van der Waals surface area contributed by atoms with Crippen molar-refractivity contribution in [2.75, 3.05) is 26.8 Å². The van der Waals surface area contributed by atoms with E-state index >= 15 is 0 Å². The van der Waals surface area contributed by atoms with Gasteiger partial charge in [-0.05, 0) is 48.1 Å². The highest BCUT2D eigenvalue weighted by Crippen LogP contribution is 2.33. The second kappa shape index (κ2) is 13.1.